The van der Waals surface area contributed by atoms with E-state index in [1.54, 1.807) is 18.2 Å². The summed E-state index contributed by atoms with van der Waals surface area (Å²) in [6.07, 6.45) is 2.06. The van der Waals surface area contributed by atoms with Gasteiger partial charge in [-0.15, -0.1) is 0 Å². The van der Waals surface area contributed by atoms with Gasteiger partial charge >= 0.3 is 0 Å². The molecule has 0 saturated carbocycles. The predicted octanol–water partition coefficient (Wildman–Crippen LogP) is 2.45. The molecular formula is C14H14ClNO3. The van der Waals surface area contributed by atoms with Gasteiger partial charge < -0.3 is 0 Å². The minimum Gasteiger partial charge on any atom is -0.292 e. The molecule has 100 valence electrons. The second kappa shape index (κ2) is 5.97. The van der Waals surface area contributed by atoms with E-state index in [1.807, 2.05) is 0 Å². The van der Waals surface area contributed by atoms with Crippen LogP contribution in [0.5, 0.6) is 0 Å². The number of benzene rings is 1. The monoisotopic (exact) mass is 279 g/mol. The number of carbonyl (C=O) groups excluding carboxylic acids is 3. The fourth-order valence-electron chi connectivity index (χ4n) is 2.03. The Morgan fingerprint density at radius 2 is 1.79 bits per heavy atom. The van der Waals surface area contributed by atoms with E-state index in [1.165, 1.54) is 6.07 Å². The van der Waals surface area contributed by atoms with Gasteiger partial charge in [0, 0.05) is 23.4 Å². The Morgan fingerprint density at radius 1 is 1.16 bits per heavy atom. The van der Waals surface area contributed by atoms with Crippen molar-refractivity contribution in [1.29, 1.82) is 0 Å². The van der Waals surface area contributed by atoms with Crippen molar-refractivity contribution in [2.24, 2.45) is 0 Å². The van der Waals surface area contributed by atoms with Crippen molar-refractivity contribution < 1.29 is 14.4 Å². The first-order valence-corrected chi connectivity index (χ1v) is 6.57. The Balaban J connectivity index is 2.12. The smallest absolute Gasteiger partial charge is 0.229 e. The summed E-state index contributed by atoms with van der Waals surface area (Å²) in [6.45, 7) is -0.196. The lowest BCUT2D eigenvalue weighted by atomic mass is 10.1. The summed E-state index contributed by atoms with van der Waals surface area (Å²) >= 11 is 5.82. The van der Waals surface area contributed by atoms with Gasteiger partial charge in [0.2, 0.25) is 11.8 Å². The maximum Gasteiger partial charge on any atom is 0.229 e. The second-order valence-electron chi connectivity index (χ2n) is 4.51. The number of carbonyl (C=O) groups is 3. The maximum atomic E-state index is 12.1. The second-order valence-corrected chi connectivity index (χ2v) is 4.95. The van der Waals surface area contributed by atoms with Crippen LogP contribution in [0.4, 0.5) is 0 Å². The van der Waals surface area contributed by atoms with Gasteiger partial charge in [-0.05, 0) is 25.0 Å². The van der Waals surface area contributed by atoms with E-state index in [4.69, 9.17) is 11.6 Å². The number of likely N-dealkylation sites (tertiary alicyclic amines) is 1. The molecule has 1 aliphatic heterocycles. The van der Waals surface area contributed by atoms with Crippen molar-refractivity contribution in [3.05, 3.63) is 34.9 Å². The van der Waals surface area contributed by atoms with Gasteiger partial charge in [-0.1, -0.05) is 23.7 Å². The van der Waals surface area contributed by atoms with Crippen LogP contribution in [-0.4, -0.2) is 29.0 Å². The SMILES string of the molecule is O=C(CN1C(=O)CCCCC1=O)c1cccc(Cl)c1. The Labute approximate surface area is 116 Å². The molecule has 0 radical (unpaired) electrons. The number of hydrogen-bond donors (Lipinski definition) is 0. The van der Waals surface area contributed by atoms with Crippen LogP contribution in [0.1, 0.15) is 36.0 Å². The van der Waals surface area contributed by atoms with Gasteiger partial charge in [-0.2, -0.15) is 0 Å². The predicted molar refractivity (Wildman–Crippen MR) is 71.0 cm³/mol. The number of amides is 2. The summed E-state index contributed by atoms with van der Waals surface area (Å²) in [5.74, 6) is -0.804. The van der Waals surface area contributed by atoms with Crippen molar-refractivity contribution in [1.82, 2.24) is 4.90 Å². The zero-order chi connectivity index (χ0) is 13.8. The summed E-state index contributed by atoms with van der Waals surface area (Å²) in [6, 6.07) is 6.50. The summed E-state index contributed by atoms with van der Waals surface area (Å²) in [7, 11) is 0. The van der Waals surface area contributed by atoms with Gasteiger partial charge in [0.1, 0.15) is 0 Å². The molecule has 1 heterocycles. The van der Waals surface area contributed by atoms with E-state index in [0.29, 0.717) is 36.3 Å². The van der Waals surface area contributed by atoms with Crippen molar-refractivity contribution >= 4 is 29.2 Å². The first-order chi connectivity index (χ1) is 9.08. The van der Waals surface area contributed by atoms with Gasteiger partial charge in [0.05, 0.1) is 6.54 Å². The minimum absolute atomic E-state index is 0.196. The lowest BCUT2D eigenvalue weighted by Gasteiger charge is -2.17. The van der Waals surface area contributed by atoms with Gasteiger partial charge in [-0.3, -0.25) is 19.3 Å². The normalized spacial score (nSPS) is 16.4. The van der Waals surface area contributed by atoms with Gasteiger partial charge in [-0.25, -0.2) is 0 Å². The molecule has 2 rings (SSSR count). The molecule has 0 unspecified atom stereocenters. The van der Waals surface area contributed by atoms with Crippen LogP contribution in [0.2, 0.25) is 5.02 Å². The Kier molecular flexibility index (Phi) is 4.32. The quantitative estimate of drug-likeness (QED) is 0.631. The van der Waals surface area contributed by atoms with E-state index in [9.17, 15) is 14.4 Å². The summed E-state index contributed by atoms with van der Waals surface area (Å²) in [5.41, 5.74) is 0.414. The first-order valence-electron chi connectivity index (χ1n) is 6.20. The van der Waals surface area contributed by atoms with Crippen LogP contribution >= 0.6 is 11.6 Å². The molecule has 0 aromatic heterocycles. The molecule has 1 aromatic carbocycles. The molecule has 0 spiro atoms. The molecule has 0 bridgehead atoms. The summed E-state index contributed by atoms with van der Waals surface area (Å²) in [4.78, 5) is 36.7. The largest absolute Gasteiger partial charge is 0.292 e. The van der Waals surface area contributed by atoms with E-state index in [-0.39, 0.29) is 24.1 Å². The van der Waals surface area contributed by atoms with Crippen LogP contribution in [0, 0.1) is 0 Å². The first kappa shape index (κ1) is 13.7. The average Bonchev–Trinajstić information content (AvgIpc) is 2.54. The van der Waals surface area contributed by atoms with Crippen molar-refractivity contribution in [3.8, 4) is 0 Å². The van der Waals surface area contributed by atoms with Crippen LogP contribution < -0.4 is 0 Å². The summed E-state index contributed by atoms with van der Waals surface area (Å²) < 4.78 is 0. The molecule has 1 aromatic rings. The van der Waals surface area contributed by atoms with E-state index in [2.05, 4.69) is 0 Å². The molecule has 4 nitrogen and oxygen atoms in total. The van der Waals surface area contributed by atoms with Gasteiger partial charge in [0.15, 0.2) is 5.78 Å². The lowest BCUT2D eigenvalue weighted by Crippen LogP contribution is -2.39. The molecule has 0 N–H and O–H groups in total. The Morgan fingerprint density at radius 3 is 2.37 bits per heavy atom. The number of halogens is 1. The van der Waals surface area contributed by atoms with Gasteiger partial charge in [0.25, 0.3) is 0 Å². The number of Topliss-reactive ketones (excluding diaryl/α,β-unsaturated/α-hetero) is 1. The third kappa shape index (κ3) is 3.41. The standard InChI is InChI=1S/C14H14ClNO3/c15-11-5-3-4-10(8-11)12(17)9-16-13(18)6-1-2-7-14(16)19/h3-5,8H,1-2,6-7,9H2. The highest BCUT2D eigenvalue weighted by atomic mass is 35.5. The van der Waals surface area contributed by atoms with Crippen LogP contribution in [0.3, 0.4) is 0 Å². The van der Waals surface area contributed by atoms with Crippen LogP contribution in [0.15, 0.2) is 24.3 Å². The van der Waals surface area contributed by atoms with E-state index >= 15 is 0 Å². The zero-order valence-corrected chi connectivity index (χ0v) is 11.2. The Hall–Kier alpha value is -1.68. The number of imide groups is 1. The Bertz CT molecular complexity index is 509. The number of rotatable bonds is 3. The summed E-state index contributed by atoms with van der Waals surface area (Å²) in [5, 5.41) is 0.458. The highest BCUT2D eigenvalue weighted by Gasteiger charge is 2.26. The van der Waals surface area contributed by atoms with Crippen molar-refractivity contribution in [2.75, 3.05) is 6.54 Å². The highest BCUT2D eigenvalue weighted by Crippen LogP contribution is 2.15. The molecular weight excluding hydrogens is 266 g/mol. The van der Waals surface area contributed by atoms with Crippen LogP contribution in [-0.2, 0) is 9.59 Å². The molecule has 2 amide bonds. The number of ketones is 1. The molecule has 19 heavy (non-hydrogen) atoms. The molecule has 5 heteroatoms. The number of nitrogens with zero attached hydrogens (tertiary/aromatic N) is 1. The van der Waals surface area contributed by atoms with Crippen molar-refractivity contribution in [3.63, 3.8) is 0 Å². The zero-order valence-electron chi connectivity index (χ0n) is 10.4. The molecule has 0 atom stereocenters. The third-order valence-electron chi connectivity index (χ3n) is 3.08. The van der Waals surface area contributed by atoms with E-state index in [0.717, 1.165) is 4.90 Å². The molecule has 1 fully saturated rings. The molecule has 0 aliphatic carbocycles. The molecule has 1 aliphatic rings. The number of hydrogen-bond acceptors (Lipinski definition) is 3. The average molecular weight is 280 g/mol. The lowest BCUT2D eigenvalue weighted by molar-refractivity contribution is -0.143. The minimum atomic E-state index is -0.272. The topological polar surface area (TPSA) is 54.5 Å². The highest BCUT2D eigenvalue weighted by molar-refractivity contribution is 6.31. The van der Waals surface area contributed by atoms with Crippen molar-refractivity contribution in [2.45, 2.75) is 25.7 Å². The van der Waals surface area contributed by atoms with Crippen LogP contribution in [0.25, 0.3) is 0 Å². The fourth-order valence-corrected chi connectivity index (χ4v) is 2.22. The fraction of sp³-hybridized carbons (Fsp3) is 0.357. The molecule has 1 saturated heterocycles. The third-order valence-corrected chi connectivity index (χ3v) is 3.32. The maximum absolute atomic E-state index is 12.1. The van der Waals surface area contributed by atoms with E-state index < -0.39 is 0 Å².